The van der Waals surface area contributed by atoms with E-state index in [2.05, 4.69) is 0 Å². The summed E-state index contributed by atoms with van der Waals surface area (Å²) in [5.41, 5.74) is 0.326. The number of carboxylic acid groups (broad SMARTS) is 1. The topological polar surface area (TPSA) is 37.3 Å². The van der Waals surface area contributed by atoms with Crippen LogP contribution in [-0.2, 0) is 5.88 Å². The number of hydrogen-bond acceptors (Lipinski definition) is 1. The molecule has 0 amide bonds. The van der Waals surface area contributed by atoms with Gasteiger partial charge in [0.1, 0.15) is 0 Å². The molecule has 0 saturated heterocycles. The molecule has 0 spiro atoms. The van der Waals surface area contributed by atoms with Gasteiger partial charge in [-0.3, -0.25) is 0 Å². The van der Waals surface area contributed by atoms with Crippen LogP contribution in [0.25, 0.3) is 0 Å². The van der Waals surface area contributed by atoms with Crippen molar-refractivity contribution in [2.75, 3.05) is 0 Å². The van der Waals surface area contributed by atoms with Crippen LogP contribution < -0.4 is 0 Å². The van der Waals surface area contributed by atoms with E-state index in [0.29, 0.717) is 10.6 Å². The van der Waals surface area contributed by atoms with Crippen LogP contribution in [0.2, 0.25) is 10.0 Å². The van der Waals surface area contributed by atoms with E-state index in [1.807, 2.05) is 0 Å². The molecule has 0 radical (unpaired) electrons. The van der Waals surface area contributed by atoms with Crippen molar-refractivity contribution in [2.24, 2.45) is 0 Å². The fraction of sp³-hybridized carbons (Fsp3) is 0.125. The smallest absolute Gasteiger partial charge is 0.337 e. The van der Waals surface area contributed by atoms with Crippen LogP contribution >= 0.6 is 34.8 Å². The number of hydrogen-bond donors (Lipinski definition) is 1. The standard InChI is InChI=1S/C8H5Cl3O2/c9-3-4-5(10)1-2-6(11)7(4)8(12)13/h1-2H,3H2,(H,12,13). The zero-order valence-corrected chi connectivity index (χ0v) is 8.62. The van der Waals surface area contributed by atoms with Crippen LogP contribution in [0.5, 0.6) is 0 Å². The Morgan fingerprint density at radius 1 is 1.31 bits per heavy atom. The molecule has 0 saturated carbocycles. The van der Waals surface area contributed by atoms with Gasteiger partial charge >= 0.3 is 5.97 Å². The zero-order valence-electron chi connectivity index (χ0n) is 6.35. The maximum atomic E-state index is 10.8. The minimum atomic E-state index is -1.12. The minimum Gasteiger partial charge on any atom is -0.478 e. The van der Waals surface area contributed by atoms with E-state index in [4.69, 9.17) is 39.9 Å². The highest BCUT2D eigenvalue weighted by molar-refractivity contribution is 6.37. The molecule has 0 aliphatic carbocycles. The van der Waals surface area contributed by atoms with Crippen molar-refractivity contribution in [3.8, 4) is 0 Å². The Kier molecular flexibility index (Phi) is 3.42. The lowest BCUT2D eigenvalue weighted by atomic mass is 10.1. The van der Waals surface area contributed by atoms with Crippen molar-refractivity contribution in [1.82, 2.24) is 0 Å². The maximum absolute atomic E-state index is 10.8. The van der Waals surface area contributed by atoms with Crippen LogP contribution in [0, 0.1) is 0 Å². The molecule has 0 unspecified atom stereocenters. The Balaban J connectivity index is 3.43. The first-order valence-electron chi connectivity index (χ1n) is 3.34. The second-order valence-electron chi connectivity index (χ2n) is 2.32. The summed E-state index contributed by atoms with van der Waals surface area (Å²) in [6.07, 6.45) is 0. The molecule has 0 fully saturated rings. The molecular formula is C8H5Cl3O2. The third-order valence-electron chi connectivity index (χ3n) is 1.55. The van der Waals surface area contributed by atoms with Crippen molar-refractivity contribution in [1.29, 1.82) is 0 Å². The molecule has 0 aromatic heterocycles. The molecule has 0 aliphatic rings. The first-order chi connectivity index (χ1) is 6.07. The Bertz CT molecular complexity index is 349. The van der Waals surface area contributed by atoms with Gasteiger partial charge in [0.15, 0.2) is 0 Å². The summed E-state index contributed by atoms with van der Waals surface area (Å²) in [5.74, 6) is -1.09. The number of benzene rings is 1. The molecular weight excluding hydrogens is 234 g/mol. The number of carboxylic acids is 1. The van der Waals surface area contributed by atoms with Gasteiger partial charge in [0.25, 0.3) is 0 Å². The minimum absolute atomic E-state index is 0.0239. The predicted molar refractivity (Wildman–Crippen MR) is 53.0 cm³/mol. The van der Waals surface area contributed by atoms with Crippen LogP contribution in [0.3, 0.4) is 0 Å². The van der Waals surface area contributed by atoms with E-state index < -0.39 is 5.97 Å². The molecule has 1 aromatic carbocycles. The zero-order chi connectivity index (χ0) is 10.0. The monoisotopic (exact) mass is 238 g/mol. The summed E-state index contributed by atoms with van der Waals surface area (Å²) in [6, 6.07) is 2.96. The van der Waals surface area contributed by atoms with Crippen LogP contribution in [0.4, 0.5) is 0 Å². The fourth-order valence-electron chi connectivity index (χ4n) is 0.956. The molecule has 1 aromatic rings. The van der Waals surface area contributed by atoms with Crippen molar-refractivity contribution in [3.05, 3.63) is 33.3 Å². The Morgan fingerprint density at radius 2 is 1.85 bits per heavy atom. The maximum Gasteiger partial charge on any atom is 0.337 e. The SMILES string of the molecule is O=C(O)c1c(Cl)ccc(Cl)c1CCl. The van der Waals surface area contributed by atoms with Gasteiger partial charge in [-0.2, -0.15) is 0 Å². The number of halogens is 3. The van der Waals surface area contributed by atoms with Crippen LogP contribution in [0.15, 0.2) is 12.1 Å². The highest BCUT2D eigenvalue weighted by atomic mass is 35.5. The van der Waals surface area contributed by atoms with Gasteiger partial charge in [-0.25, -0.2) is 4.79 Å². The molecule has 2 nitrogen and oxygen atoms in total. The molecule has 0 heterocycles. The molecule has 0 bridgehead atoms. The van der Waals surface area contributed by atoms with Gasteiger partial charge in [-0.05, 0) is 12.1 Å². The van der Waals surface area contributed by atoms with E-state index in [1.54, 1.807) is 0 Å². The fourth-order valence-corrected chi connectivity index (χ4v) is 1.78. The summed E-state index contributed by atoms with van der Waals surface area (Å²) < 4.78 is 0. The number of alkyl halides is 1. The van der Waals surface area contributed by atoms with Gasteiger partial charge in [-0.1, -0.05) is 23.2 Å². The number of rotatable bonds is 2. The highest BCUT2D eigenvalue weighted by Crippen LogP contribution is 2.28. The van der Waals surface area contributed by atoms with Crippen molar-refractivity contribution < 1.29 is 9.90 Å². The molecule has 5 heteroatoms. The highest BCUT2D eigenvalue weighted by Gasteiger charge is 2.16. The summed E-state index contributed by atoms with van der Waals surface area (Å²) in [4.78, 5) is 10.8. The summed E-state index contributed by atoms with van der Waals surface area (Å²) in [7, 11) is 0. The average Bonchev–Trinajstić information content (AvgIpc) is 2.07. The van der Waals surface area contributed by atoms with E-state index >= 15 is 0 Å². The van der Waals surface area contributed by atoms with Gasteiger partial charge < -0.3 is 5.11 Å². The Morgan fingerprint density at radius 3 is 2.23 bits per heavy atom. The molecule has 0 atom stereocenters. The van der Waals surface area contributed by atoms with Gasteiger partial charge in [0, 0.05) is 16.5 Å². The first-order valence-corrected chi connectivity index (χ1v) is 4.63. The lowest BCUT2D eigenvalue weighted by molar-refractivity contribution is 0.0696. The van der Waals surface area contributed by atoms with Crippen LogP contribution in [-0.4, -0.2) is 11.1 Å². The Labute approximate surface area is 90.0 Å². The number of carbonyl (C=O) groups is 1. The first kappa shape index (κ1) is 10.6. The molecule has 1 N–H and O–H groups in total. The van der Waals surface area contributed by atoms with E-state index in [-0.39, 0.29) is 16.5 Å². The summed E-state index contributed by atoms with van der Waals surface area (Å²) in [6.45, 7) is 0. The normalized spacial score (nSPS) is 10.1. The van der Waals surface area contributed by atoms with E-state index in [1.165, 1.54) is 12.1 Å². The van der Waals surface area contributed by atoms with Crippen molar-refractivity contribution in [3.63, 3.8) is 0 Å². The molecule has 13 heavy (non-hydrogen) atoms. The second-order valence-corrected chi connectivity index (χ2v) is 3.40. The third-order valence-corrected chi connectivity index (χ3v) is 2.49. The largest absolute Gasteiger partial charge is 0.478 e. The lowest BCUT2D eigenvalue weighted by Crippen LogP contribution is -2.02. The number of aromatic carboxylic acids is 1. The Hall–Kier alpha value is -0.440. The summed E-state index contributed by atoms with van der Waals surface area (Å²) >= 11 is 17.0. The average molecular weight is 239 g/mol. The van der Waals surface area contributed by atoms with Crippen molar-refractivity contribution >= 4 is 40.8 Å². The van der Waals surface area contributed by atoms with Crippen molar-refractivity contribution in [2.45, 2.75) is 5.88 Å². The van der Waals surface area contributed by atoms with E-state index in [9.17, 15) is 4.79 Å². The quantitative estimate of drug-likeness (QED) is 0.803. The lowest BCUT2D eigenvalue weighted by Gasteiger charge is -2.06. The van der Waals surface area contributed by atoms with Crippen LogP contribution in [0.1, 0.15) is 15.9 Å². The third kappa shape index (κ3) is 2.08. The van der Waals surface area contributed by atoms with Gasteiger partial charge in [-0.15, -0.1) is 11.6 Å². The van der Waals surface area contributed by atoms with Gasteiger partial charge in [0.2, 0.25) is 0 Å². The van der Waals surface area contributed by atoms with Gasteiger partial charge in [0.05, 0.1) is 10.6 Å². The summed E-state index contributed by atoms with van der Waals surface area (Å²) in [5, 5.41) is 9.26. The molecule has 0 aliphatic heterocycles. The molecule has 1 rings (SSSR count). The molecule has 70 valence electrons. The van der Waals surface area contributed by atoms with E-state index in [0.717, 1.165) is 0 Å². The second kappa shape index (κ2) is 4.18. The predicted octanol–water partition coefficient (Wildman–Crippen LogP) is 3.43.